The van der Waals surface area contributed by atoms with Crippen molar-refractivity contribution in [1.29, 1.82) is 0 Å². The molecule has 32 heavy (non-hydrogen) atoms. The predicted molar refractivity (Wildman–Crippen MR) is 130 cm³/mol. The van der Waals surface area contributed by atoms with Gasteiger partial charge in [-0.1, -0.05) is 68.2 Å². The number of nitrogens with one attached hydrogen (secondary N) is 1. The highest BCUT2D eigenvalue weighted by atomic mass is 32.2. The zero-order valence-electron chi connectivity index (χ0n) is 18.2. The number of nitrogens with zero attached hydrogens (tertiary/aromatic N) is 1. The van der Waals surface area contributed by atoms with E-state index in [1.807, 2.05) is 47.9 Å². The van der Waals surface area contributed by atoms with Gasteiger partial charge in [0.15, 0.2) is 15.0 Å². The molecule has 1 heterocycles. The number of carbonyl (C=O) groups excluding carboxylic acids is 1. The molecule has 2 aromatic rings. The lowest BCUT2D eigenvalue weighted by Crippen LogP contribution is -2.31. The molecule has 1 N–H and O–H groups in total. The van der Waals surface area contributed by atoms with Gasteiger partial charge in [-0.15, -0.1) is 11.3 Å². The monoisotopic (exact) mass is 470 g/mol. The maximum Gasteiger partial charge on any atom is 0.229 e. The standard InChI is InChI=1S/C25H30N2O3S2/c28-24(27-25-26-15-16-31-25)23(18-20-8-4-5-9-20)21-10-12-22(13-11-21)32(29,30)17-14-19-6-2-1-3-7-19/h1-3,6-7,10,12-13,15-16,20-21,23H,4-5,8-9,11,14,17-18H2,(H,26,27,28). The largest absolute Gasteiger partial charge is 0.302 e. The minimum Gasteiger partial charge on any atom is -0.302 e. The Morgan fingerprint density at radius 3 is 2.62 bits per heavy atom. The third-order valence-corrected chi connectivity index (χ3v) is 8.99. The van der Waals surface area contributed by atoms with Crippen LogP contribution in [0.5, 0.6) is 0 Å². The molecule has 7 heteroatoms. The maximum atomic E-state index is 13.1. The van der Waals surface area contributed by atoms with Gasteiger partial charge in [0.2, 0.25) is 5.91 Å². The lowest BCUT2D eigenvalue weighted by molar-refractivity contribution is -0.121. The van der Waals surface area contributed by atoms with Crippen LogP contribution in [0.3, 0.4) is 0 Å². The third-order valence-electron chi connectivity index (χ3n) is 6.54. The number of anilines is 1. The Hall–Kier alpha value is -2.25. The molecule has 0 radical (unpaired) electrons. The molecule has 1 saturated carbocycles. The summed E-state index contributed by atoms with van der Waals surface area (Å²) in [6, 6.07) is 9.68. The number of rotatable bonds is 9. The normalized spacial score (nSPS) is 20.1. The smallest absolute Gasteiger partial charge is 0.229 e. The highest BCUT2D eigenvalue weighted by Crippen LogP contribution is 2.36. The van der Waals surface area contributed by atoms with Crippen LogP contribution in [0.25, 0.3) is 0 Å². The average molecular weight is 471 g/mol. The van der Waals surface area contributed by atoms with Crippen LogP contribution >= 0.6 is 11.3 Å². The van der Waals surface area contributed by atoms with E-state index in [2.05, 4.69) is 10.3 Å². The average Bonchev–Trinajstić information content (AvgIpc) is 3.51. The SMILES string of the molecule is O=C(Nc1nccs1)C(CC1CCCC1)C1C=CC(S(=O)(=O)CCc2ccccc2)=CC1. The fraction of sp³-hybridized carbons (Fsp3) is 0.440. The summed E-state index contributed by atoms with van der Waals surface area (Å²) < 4.78 is 25.7. The minimum absolute atomic E-state index is 0.00337. The van der Waals surface area contributed by atoms with E-state index in [1.54, 1.807) is 12.3 Å². The van der Waals surface area contributed by atoms with Crippen molar-refractivity contribution in [3.8, 4) is 0 Å². The number of aryl methyl sites for hydroxylation is 1. The molecule has 2 atom stereocenters. The number of benzene rings is 1. The number of allylic oxidation sites excluding steroid dienone is 3. The van der Waals surface area contributed by atoms with Crippen LogP contribution in [0.15, 0.2) is 65.0 Å². The number of carbonyl (C=O) groups is 1. The van der Waals surface area contributed by atoms with Gasteiger partial charge < -0.3 is 5.32 Å². The maximum absolute atomic E-state index is 13.1. The Morgan fingerprint density at radius 1 is 1.19 bits per heavy atom. The van der Waals surface area contributed by atoms with Gasteiger partial charge >= 0.3 is 0 Å². The lowest BCUT2D eigenvalue weighted by Gasteiger charge is -2.27. The second kappa shape index (κ2) is 10.6. The van der Waals surface area contributed by atoms with Crippen molar-refractivity contribution in [3.05, 3.63) is 70.6 Å². The molecule has 2 aliphatic carbocycles. The van der Waals surface area contributed by atoms with Crippen molar-refractivity contribution in [2.75, 3.05) is 11.1 Å². The van der Waals surface area contributed by atoms with Gasteiger partial charge in [-0.05, 0) is 42.7 Å². The van der Waals surface area contributed by atoms with E-state index in [-0.39, 0.29) is 23.5 Å². The van der Waals surface area contributed by atoms with Crippen LogP contribution in [-0.4, -0.2) is 25.1 Å². The van der Waals surface area contributed by atoms with Gasteiger partial charge in [-0.2, -0.15) is 0 Å². The number of hydrogen-bond acceptors (Lipinski definition) is 5. The summed E-state index contributed by atoms with van der Waals surface area (Å²) in [6.45, 7) is 0. The number of thiazole rings is 1. The van der Waals surface area contributed by atoms with Gasteiger partial charge in [0, 0.05) is 17.5 Å². The Labute approximate surface area is 194 Å². The molecule has 0 aliphatic heterocycles. The first kappa shape index (κ1) is 22.9. The number of sulfone groups is 1. The van der Waals surface area contributed by atoms with Crippen molar-refractivity contribution in [3.63, 3.8) is 0 Å². The summed E-state index contributed by atoms with van der Waals surface area (Å²) >= 11 is 1.41. The zero-order chi connectivity index (χ0) is 22.4. The van der Waals surface area contributed by atoms with Crippen LogP contribution in [0, 0.1) is 17.8 Å². The second-order valence-corrected chi connectivity index (χ2v) is 11.7. The molecular formula is C25H30N2O3S2. The number of aromatic nitrogens is 1. The Bertz CT molecular complexity index is 1050. The van der Waals surface area contributed by atoms with E-state index in [4.69, 9.17) is 0 Å². The molecule has 4 rings (SSSR count). The summed E-state index contributed by atoms with van der Waals surface area (Å²) in [6.07, 6.45) is 13.9. The van der Waals surface area contributed by atoms with E-state index < -0.39 is 9.84 Å². The quantitative estimate of drug-likeness (QED) is 0.533. The van der Waals surface area contributed by atoms with Crippen molar-refractivity contribution >= 4 is 32.2 Å². The first-order chi connectivity index (χ1) is 15.5. The first-order valence-electron chi connectivity index (χ1n) is 11.4. The van der Waals surface area contributed by atoms with Gasteiger partial charge in [0.1, 0.15) is 0 Å². The molecule has 5 nitrogen and oxygen atoms in total. The molecule has 0 saturated heterocycles. The topological polar surface area (TPSA) is 76.1 Å². The first-order valence-corrected chi connectivity index (χ1v) is 13.9. The van der Waals surface area contributed by atoms with Gasteiger partial charge in [0.05, 0.1) is 10.7 Å². The molecule has 1 aromatic carbocycles. The second-order valence-electron chi connectivity index (χ2n) is 8.74. The van der Waals surface area contributed by atoms with Crippen LogP contribution in [0.4, 0.5) is 5.13 Å². The number of amides is 1. The molecular weight excluding hydrogens is 440 g/mol. The van der Waals surface area contributed by atoms with E-state index in [1.165, 1.54) is 37.0 Å². The highest BCUT2D eigenvalue weighted by Gasteiger charge is 2.32. The van der Waals surface area contributed by atoms with E-state index in [0.29, 0.717) is 28.8 Å². The van der Waals surface area contributed by atoms with E-state index >= 15 is 0 Å². The summed E-state index contributed by atoms with van der Waals surface area (Å²) in [5.74, 6) is 0.473. The Kier molecular flexibility index (Phi) is 7.58. The number of hydrogen-bond donors (Lipinski definition) is 1. The van der Waals surface area contributed by atoms with E-state index in [0.717, 1.165) is 12.0 Å². The summed E-state index contributed by atoms with van der Waals surface area (Å²) in [5.41, 5.74) is 1.02. The molecule has 0 spiro atoms. The molecule has 1 aromatic heterocycles. The van der Waals surface area contributed by atoms with Crippen molar-refractivity contribution in [2.45, 2.75) is 44.9 Å². The zero-order valence-corrected chi connectivity index (χ0v) is 19.8. The van der Waals surface area contributed by atoms with Gasteiger partial charge in [-0.3, -0.25) is 4.79 Å². The molecule has 1 fully saturated rings. The fourth-order valence-electron chi connectivity index (χ4n) is 4.73. The summed E-state index contributed by atoms with van der Waals surface area (Å²) in [4.78, 5) is 17.7. The fourth-order valence-corrected chi connectivity index (χ4v) is 6.63. The predicted octanol–water partition coefficient (Wildman–Crippen LogP) is 5.40. The van der Waals surface area contributed by atoms with Gasteiger partial charge in [0.25, 0.3) is 0 Å². The van der Waals surface area contributed by atoms with Crippen molar-refractivity contribution < 1.29 is 13.2 Å². The van der Waals surface area contributed by atoms with Crippen LogP contribution in [-0.2, 0) is 21.1 Å². The van der Waals surface area contributed by atoms with Crippen LogP contribution in [0.1, 0.15) is 44.1 Å². The summed E-state index contributed by atoms with van der Waals surface area (Å²) in [5, 5.41) is 5.43. The third kappa shape index (κ3) is 5.95. The Morgan fingerprint density at radius 2 is 1.97 bits per heavy atom. The Balaban J connectivity index is 1.42. The van der Waals surface area contributed by atoms with Crippen LogP contribution in [0.2, 0.25) is 0 Å². The summed E-state index contributed by atoms with van der Waals surface area (Å²) in [7, 11) is -3.35. The van der Waals surface area contributed by atoms with Crippen molar-refractivity contribution in [2.24, 2.45) is 17.8 Å². The lowest BCUT2D eigenvalue weighted by atomic mass is 9.80. The minimum atomic E-state index is -3.35. The van der Waals surface area contributed by atoms with Gasteiger partial charge in [-0.25, -0.2) is 13.4 Å². The van der Waals surface area contributed by atoms with Crippen molar-refractivity contribution in [1.82, 2.24) is 4.98 Å². The molecule has 0 bridgehead atoms. The highest BCUT2D eigenvalue weighted by molar-refractivity contribution is 7.95. The van der Waals surface area contributed by atoms with E-state index in [9.17, 15) is 13.2 Å². The van der Waals surface area contributed by atoms with Crippen LogP contribution < -0.4 is 5.32 Å². The molecule has 2 aliphatic rings. The molecule has 2 unspecified atom stereocenters. The molecule has 1 amide bonds. The molecule has 170 valence electrons.